The molecule has 0 unspecified atom stereocenters. The van der Waals surface area contributed by atoms with Crippen LogP contribution < -0.4 is 4.90 Å². The molecule has 0 radical (unpaired) electrons. The molecule has 268 valence electrons. The molecule has 0 aliphatic heterocycles. The third kappa shape index (κ3) is 5.74. The Labute approximate surface area is 329 Å². The number of hydrogen-bond acceptors (Lipinski definition) is 4. The van der Waals surface area contributed by atoms with Crippen molar-refractivity contribution >= 4 is 60.9 Å². The van der Waals surface area contributed by atoms with E-state index in [4.69, 9.17) is 13.8 Å². The molecule has 57 heavy (non-hydrogen) atoms. The fraction of sp³-hybridized carbons (Fsp3) is 0. The Morgan fingerprint density at radius 2 is 0.947 bits per heavy atom. The molecule has 2 heterocycles. The highest BCUT2D eigenvalue weighted by Gasteiger charge is 2.20. The van der Waals surface area contributed by atoms with Gasteiger partial charge in [-0.1, -0.05) is 152 Å². The lowest BCUT2D eigenvalue weighted by Gasteiger charge is -2.28. The van der Waals surface area contributed by atoms with Crippen molar-refractivity contribution in [3.05, 3.63) is 206 Å². The molecule has 0 bridgehead atoms. The molecule has 11 rings (SSSR count). The van der Waals surface area contributed by atoms with Crippen molar-refractivity contribution in [1.82, 2.24) is 4.98 Å². The maximum atomic E-state index is 6.63. The number of nitrogens with zero attached hydrogens (tertiary/aromatic N) is 2. The molecule has 0 saturated carbocycles. The number of furan rings is 1. The van der Waals surface area contributed by atoms with E-state index in [-0.39, 0.29) is 0 Å². The largest absolute Gasteiger partial charge is 0.455 e. The first-order valence-corrected chi connectivity index (χ1v) is 19.2. The van der Waals surface area contributed by atoms with Crippen LogP contribution in [0.15, 0.2) is 215 Å². The standard InChI is InChI=1S/C53H34N2O2/c1-3-13-35(14-4-1)36-25-29-40(30-26-36)55(49-24-10-9-20-45(49)44-22-11-18-37-15-7-8-19-42(37)44)41-31-27-38(28-32-41)43-21-12-23-46-47-33-51-48(34-50(47)56-52(43)46)54-53(57-51)39-16-5-2-6-17-39/h1-34H. The Bertz CT molecular complexity index is 3210. The average Bonchev–Trinajstić information content (AvgIpc) is 3.87. The number of para-hydroxylation sites is 2. The molecule has 0 aliphatic rings. The van der Waals surface area contributed by atoms with E-state index in [0.29, 0.717) is 5.89 Å². The number of oxazole rings is 1. The van der Waals surface area contributed by atoms with E-state index < -0.39 is 0 Å². The molecule has 9 aromatic carbocycles. The van der Waals surface area contributed by atoms with E-state index in [0.717, 1.165) is 72.4 Å². The Hall–Kier alpha value is -7.69. The van der Waals surface area contributed by atoms with Crippen molar-refractivity contribution in [3.63, 3.8) is 0 Å². The van der Waals surface area contributed by atoms with Gasteiger partial charge in [-0.25, -0.2) is 4.98 Å². The molecule has 0 spiro atoms. The highest BCUT2D eigenvalue weighted by atomic mass is 16.4. The summed E-state index contributed by atoms with van der Waals surface area (Å²) in [6, 6.07) is 72.5. The zero-order valence-corrected chi connectivity index (χ0v) is 30.8. The second-order valence-corrected chi connectivity index (χ2v) is 14.3. The number of anilines is 3. The van der Waals surface area contributed by atoms with Crippen LogP contribution in [0.2, 0.25) is 0 Å². The highest BCUT2D eigenvalue weighted by molar-refractivity contribution is 6.12. The second-order valence-electron chi connectivity index (χ2n) is 14.3. The van der Waals surface area contributed by atoms with Gasteiger partial charge in [0.15, 0.2) is 5.58 Å². The summed E-state index contributed by atoms with van der Waals surface area (Å²) in [6.07, 6.45) is 0. The Morgan fingerprint density at radius 3 is 1.74 bits per heavy atom. The first-order chi connectivity index (χ1) is 28.2. The minimum atomic E-state index is 0.601. The fourth-order valence-electron chi connectivity index (χ4n) is 8.16. The number of rotatable bonds is 7. The first kappa shape index (κ1) is 32.7. The topological polar surface area (TPSA) is 42.4 Å². The van der Waals surface area contributed by atoms with E-state index in [1.165, 1.54) is 27.5 Å². The molecule has 0 atom stereocenters. The smallest absolute Gasteiger partial charge is 0.227 e. The van der Waals surface area contributed by atoms with E-state index >= 15 is 0 Å². The van der Waals surface area contributed by atoms with E-state index in [9.17, 15) is 0 Å². The van der Waals surface area contributed by atoms with Crippen molar-refractivity contribution in [3.8, 4) is 44.8 Å². The van der Waals surface area contributed by atoms with Crippen LogP contribution in [0.4, 0.5) is 17.1 Å². The molecule has 11 aromatic rings. The third-order valence-electron chi connectivity index (χ3n) is 10.9. The molecule has 0 aliphatic carbocycles. The lowest BCUT2D eigenvalue weighted by Crippen LogP contribution is -2.11. The van der Waals surface area contributed by atoms with Crippen molar-refractivity contribution in [2.45, 2.75) is 0 Å². The summed E-state index contributed by atoms with van der Waals surface area (Å²) in [7, 11) is 0. The Balaban J connectivity index is 1.02. The SMILES string of the molecule is c1ccc(-c2ccc(N(c3ccc(-c4cccc5c4oc4cc6nc(-c7ccccc7)oc6cc45)cc3)c3ccccc3-c3cccc4ccccc34)cc2)cc1. The van der Waals surface area contributed by atoms with Gasteiger partial charge in [0.05, 0.1) is 5.69 Å². The van der Waals surface area contributed by atoms with Gasteiger partial charge in [-0.3, -0.25) is 0 Å². The second kappa shape index (κ2) is 13.6. The number of hydrogen-bond donors (Lipinski definition) is 0. The zero-order valence-electron chi connectivity index (χ0n) is 30.8. The molecule has 4 heteroatoms. The maximum absolute atomic E-state index is 6.63. The normalized spacial score (nSPS) is 11.5. The van der Waals surface area contributed by atoms with Gasteiger partial charge in [0.1, 0.15) is 16.7 Å². The van der Waals surface area contributed by atoms with Crippen LogP contribution in [0.25, 0.3) is 88.6 Å². The quantitative estimate of drug-likeness (QED) is 0.164. The van der Waals surface area contributed by atoms with Crippen LogP contribution in [-0.2, 0) is 0 Å². The van der Waals surface area contributed by atoms with Crippen molar-refractivity contribution in [1.29, 1.82) is 0 Å². The summed E-state index contributed by atoms with van der Waals surface area (Å²) >= 11 is 0. The van der Waals surface area contributed by atoms with Crippen molar-refractivity contribution in [2.24, 2.45) is 0 Å². The summed E-state index contributed by atoms with van der Waals surface area (Å²) in [4.78, 5) is 7.15. The fourth-order valence-corrected chi connectivity index (χ4v) is 8.16. The molecule has 2 aromatic heterocycles. The minimum Gasteiger partial charge on any atom is -0.455 e. The summed E-state index contributed by atoms with van der Waals surface area (Å²) in [6.45, 7) is 0. The zero-order chi connectivity index (χ0) is 37.7. The van der Waals surface area contributed by atoms with E-state index in [2.05, 4.69) is 175 Å². The highest BCUT2D eigenvalue weighted by Crippen LogP contribution is 2.44. The third-order valence-corrected chi connectivity index (χ3v) is 10.9. The molecular formula is C53H34N2O2. The van der Waals surface area contributed by atoms with Crippen LogP contribution in [0.1, 0.15) is 0 Å². The van der Waals surface area contributed by atoms with Gasteiger partial charge < -0.3 is 13.7 Å². The van der Waals surface area contributed by atoms with Gasteiger partial charge in [-0.2, -0.15) is 0 Å². The Kier molecular flexibility index (Phi) is 7.78. The lowest BCUT2D eigenvalue weighted by atomic mass is 9.96. The van der Waals surface area contributed by atoms with Gasteiger partial charge in [-0.05, 0) is 81.6 Å². The molecule has 0 amide bonds. The van der Waals surface area contributed by atoms with Crippen molar-refractivity contribution < 1.29 is 8.83 Å². The monoisotopic (exact) mass is 730 g/mol. The summed E-state index contributed by atoms with van der Waals surface area (Å²) in [5.74, 6) is 0.601. The predicted molar refractivity (Wildman–Crippen MR) is 235 cm³/mol. The van der Waals surface area contributed by atoms with E-state index in [1.807, 2.05) is 36.4 Å². The molecule has 0 saturated heterocycles. The van der Waals surface area contributed by atoms with Gasteiger partial charge in [-0.15, -0.1) is 0 Å². The molecular weight excluding hydrogens is 697 g/mol. The molecule has 0 fully saturated rings. The number of benzene rings is 9. The number of fused-ring (bicyclic) bond motifs is 5. The van der Waals surface area contributed by atoms with Gasteiger partial charge >= 0.3 is 0 Å². The van der Waals surface area contributed by atoms with Crippen LogP contribution in [-0.4, -0.2) is 4.98 Å². The average molecular weight is 731 g/mol. The summed E-state index contributed by atoms with van der Waals surface area (Å²) in [5, 5.41) is 4.48. The lowest BCUT2D eigenvalue weighted by molar-refractivity contribution is 0.620. The van der Waals surface area contributed by atoms with Crippen LogP contribution in [0.5, 0.6) is 0 Å². The first-order valence-electron chi connectivity index (χ1n) is 19.2. The van der Waals surface area contributed by atoms with Crippen LogP contribution in [0.3, 0.4) is 0 Å². The molecule has 0 N–H and O–H groups in total. The predicted octanol–water partition coefficient (Wildman–Crippen LogP) is 15.0. The maximum Gasteiger partial charge on any atom is 0.227 e. The summed E-state index contributed by atoms with van der Waals surface area (Å²) in [5.41, 5.74) is 14.1. The van der Waals surface area contributed by atoms with Gasteiger partial charge in [0, 0.05) is 44.9 Å². The molecule has 4 nitrogen and oxygen atoms in total. The Morgan fingerprint density at radius 1 is 0.368 bits per heavy atom. The minimum absolute atomic E-state index is 0.601. The van der Waals surface area contributed by atoms with Gasteiger partial charge in [0.2, 0.25) is 5.89 Å². The van der Waals surface area contributed by atoms with Crippen LogP contribution in [0, 0.1) is 0 Å². The van der Waals surface area contributed by atoms with E-state index in [1.54, 1.807) is 0 Å². The van der Waals surface area contributed by atoms with Gasteiger partial charge in [0.25, 0.3) is 0 Å². The van der Waals surface area contributed by atoms with Crippen LogP contribution >= 0.6 is 0 Å². The number of aromatic nitrogens is 1. The van der Waals surface area contributed by atoms with Crippen molar-refractivity contribution in [2.75, 3.05) is 4.90 Å². The summed E-state index contributed by atoms with van der Waals surface area (Å²) < 4.78 is 12.9.